The largest absolute Gasteiger partial charge is 0.462 e. The van der Waals surface area contributed by atoms with E-state index < -0.39 is 25.2 Å². The molecule has 0 bridgehead atoms. The minimum atomic E-state index is -0.645. The van der Waals surface area contributed by atoms with E-state index in [9.17, 15) is 9.59 Å². The van der Waals surface area contributed by atoms with Gasteiger partial charge in [-0.15, -0.1) is 0 Å². The first-order chi connectivity index (χ1) is 22.3. The van der Waals surface area contributed by atoms with Crippen molar-refractivity contribution >= 4 is 11.9 Å². The monoisotopic (exact) mass is 630 g/mol. The van der Waals surface area contributed by atoms with Crippen LogP contribution < -0.4 is 0 Å². The van der Waals surface area contributed by atoms with E-state index in [2.05, 4.69) is 56.5 Å². The second-order valence-electron chi connectivity index (χ2n) is 13.5. The Hall–Kier alpha value is -3.22. The molecule has 4 rings (SSSR count). The van der Waals surface area contributed by atoms with Gasteiger partial charge in [0.2, 0.25) is 0 Å². The summed E-state index contributed by atoms with van der Waals surface area (Å²) in [4.78, 5) is 23.9. The number of aliphatic hydroxyl groups is 2. The molecular formula is C40H54O6. The van der Waals surface area contributed by atoms with Gasteiger partial charge in [-0.2, -0.15) is 0 Å². The zero-order valence-electron chi connectivity index (χ0n) is 27.9. The molecule has 1 saturated carbocycles. The molecule has 6 heteroatoms. The third-order valence-corrected chi connectivity index (χ3v) is 9.97. The van der Waals surface area contributed by atoms with Crippen molar-refractivity contribution in [2.24, 2.45) is 17.8 Å². The summed E-state index contributed by atoms with van der Waals surface area (Å²) in [6, 6.07) is 14.3. The predicted octanol–water partition coefficient (Wildman–Crippen LogP) is 7.50. The number of aliphatic hydroxyl groups excluding tert-OH is 2. The van der Waals surface area contributed by atoms with Crippen molar-refractivity contribution in [3.8, 4) is 11.1 Å². The van der Waals surface area contributed by atoms with Crippen LogP contribution >= 0.6 is 0 Å². The van der Waals surface area contributed by atoms with Crippen LogP contribution in [0.4, 0.5) is 0 Å². The molecule has 0 saturated heterocycles. The molecule has 0 aromatic heterocycles. The van der Waals surface area contributed by atoms with Crippen LogP contribution in [0.15, 0.2) is 60.7 Å². The number of ether oxygens (including phenoxy) is 2. The Morgan fingerprint density at radius 1 is 0.761 bits per heavy atom. The number of carbonyl (C=O) groups excluding carboxylic acids is 2. The predicted molar refractivity (Wildman–Crippen MR) is 183 cm³/mol. The third kappa shape index (κ3) is 10.4. The quantitative estimate of drug-likeness (QED) is 0.101. The Bertz CT molecular complexity index is 1300. The molecule has 2 aromatic carbocycles. The second kappa shape index (κ2) is 18.2. The summed E-state index contributed by atoms with van der Waals surface area (Å²) in [5.74, 6) is 0.106. The summed E-state index contributed by atoms with van der Waals surface area (Å²) in [6.07, 6.45) is 16.2. The first kappa shape index (κ1) is 35.6. The van der Waals surface area contributed by atoms with Crippen molar-refractivity contribution in [2.45, 2.75) is 96.8 Å². The van der Waals surface area contributed by atoms with E-state index in [1.165, 1.54) is 84.7 Å². The number of rotatable bonds is 18. The molecule has 1 fully saturated rings. The number of hydrogen-bond donors (Lipinski definition) is 2. The van der Waals surface area contributed by atoms with Crippen LogP contribution in [0, 0.1) is 17.8 Å². The highest BCUT2D eigenvalue weighted by Gasteiger charge is 2.23. The van der Waals surface area contributed by atoms with Crippen LogP contribution in [0.25, 0.3) is 11.1 Å². The first-order valence-electron chi connectivity index (χ1n) is 17.5. The molecule has 2 aromatic rings. The Morgan fingerprint density at radius 3 is 1.76 bits per heavy atom. The van der Waals surface area contributed by atoms with Gasteiger partial charge in [0.1, 0.15) is 0 Å². The summed E-state index contributed by atoms with van der Waals surface area (Å²) in [5, 5.41) is 18.2. The number of fused-ring (bicyclic) bond motifs is 3. The fourth-order valence-electron chi connectivity index (χ4n) is 7.08. The van der Waals surface area contributed by atoms with Gasteiger partial charge in [-0.1, -0.05) is 108 Å². The minimum Gasteiger partial charge on any atom is -0.462 e. The lowest BCUT2D eigenvalue weighted by atomic mass is 9.77. The molecule has 0 radical (unpaired) electrons. The molecule has 0 spiro atoms. The van der Waals surface area contributed by atoms with Crippen LogP contribution in [0.1, 0.15) is 93.4 Å². The Kier molecular flexibility index (Phi) is 14.1. The number of benzene rings is 2. The summed E-state index contributed by atoms with van der Waals surface area (Å²) in [6.45, 7) is 8.49. The van der Waals surface area contributed by atoms with Gasteiger partial charge in [0, 0.05) is 5.92 Å². The zero-order valence-corrected chi connectivity index (χ0v) is 27.9. The molecule has 0 unspecified atom stereocenters. The van der Waals surface area contributed by atoms with E-state index in [4.69, 9.17) is 19.7 Å². The normalized spacial score (nSPS) is 17.2. The molecule has 2 aliphatic carbocycles. The van der Waals surface area contributed by atoms with Crippen LogP contribution in [0.2, 0.25) is 0 Å². The first-order valence-corrected chi connectivity index (χ1v) is 17.5. The molecule has 0 heterocycles. The summed E-state index contributed by atoms with van der Waals surface area (Å²) in [5.41, 5.74) is 8.84. The van der Waals surface area contributed by atoms with Gasteiger partial charge in [-0.3, -0.25) is 0 Å². The standard InChI is InChI=1S/C40H54O6/c1-4-7-32-16-20-37-35(22-32)18-19-36-23-33(17-21-38(36)37)15-14-31-12-10-30(11-13-31)8-5-6-9-34(26-45-39(43)28(2)24-41)27-46-40(44)29(3)25-42/h16-17,20-23,30-31,34,41-42H,2-15,18-19,24-27H2,1H3. The molecular weight excluding hydrogens is 576 g/mol. The summed E-state index contributed by atoms with van der Waals surface area (Å²) >= 11 is 0. The Labute approximate surface area is 275 Å². The van der Waals surface area contributed by atoms with Crippen LogP contribution in [-0.2, 0) is 44.7 Å². The van der Waals surface area contributed by atoms with E-state index in [1.54, 1.807) is 0 Å². The number of aryl methyl sites for hydroxylation is 4. The van der Waals surface area contributed by atoms with Crippen molar-refractivity contribution in [2.75, 3.05) is 26.4 Å². The van der Waals surface area contributed by atoms with Gasteiger partial charge < -0.3 is 19.7 Å². The SMILES string of the molecule is C=C(CO)C(=O)OCC(CCCCC1CCC(CCc2ccc3c(c2)CCc2cc(CCC)ccc2-3)CC1)COC(=O)C(=C)CO. The summed E-state index contributed by atoms with van der Waals surface area (Å²) in [7, 11) is 0. The van der Waals surface area contributed by atoms with E-state index >= 15 is 0 Å². The van der Waals surface area contributed by atoms with Gasteiger partial charge in [0.15, 0.2) is 0 Å². The molecule has 2 aliphatic rings. The second-order valence-corrected chi connectivity index (χ2v) is 13.5. The minimum absolute atomic E-state index is 0.00500. The number of carbonyl (C=O) groups is 2. The maximum Gasteiger partial charge on any atom is 0.335 e. The lowest BCUT2D eigenvalue weighted by Gasteiger charge is -2.29. The third-order valence-electron chi connectivity index (χ3n) is 9.97. The highest BCUT2D eigenvalue weighted by molar-refractivity contribution is 5.88. The van der Waals surface area contributed by atoms with E-state index in [-0.39, 0.29) is 30.3 Å². The van der Waals surface area contributed by atoms with E-state index in [0.29, 0.717) is 0 Å². The maximum atomic E-state index is 11.9. The van der Waals surface area contributed by atoms with E-state index in [0.717, 1.165) is 50.4 Å². The van der Waals surface area contributed by atoms with Gasteiger partial charge in [0.05, 0.1) is 37.6 Å². The highest BCUT2D eigenvalue weighted by atomic mass is 16.5. The van der Waals surface area contributed by atoms with Crippen molar-refractivity contribution in [3.63, 3.8) is 0 Å². The Balaban J connectivity index is 1.16. The highest BCUT2D eigenvalue weighted by Crippen LogP contribution is 2.37. The molecule has 0 amide bonds. The number of hydrogen-bond acceptors (Lipinski definition) is 6. The molecule has 2 N–H and O–H groups in total. The van der Waals surface area contributed by atoms with Gasteiger partial charge in [0.25, 0.3) is 0 Å². The molecule has 250 valence electrons. The molecule has 0 atom stereocenters. The number of esters is 2. The number of unbranched alkanes of at least 4 members (excludes halogenated alkanes) is 1. The average molecular weight is 631 g/mol. The van der Waals surface area contributed by atoms with Crippen molar-refractivity contribution in [3.05, 3.63) is 83.0 Å². The molecule has 46 heavy (non-hydrogen) atoms. The van der Waals surface area contributed by atoms with Crippen molar-refractivity contribution in [1.82, 2.24) is 0 Å². The van der Waals surface area contributed by atoms with Crippen molar-refractivity contribution in [1.29, 1.82) is 0 Å². The van der Waals surface area contributed by atoms with Crippen LogP contribution in [0.3, 0.4) is 0 Å². The fourth-order valence-corrected chi connectivity index (χ4v) is 7.08. The van der Waals surface area contributed by atoms with E-state index in [1.807, 2.05) is 0 Å². The fraction of sp³-hybridized carbons (Fsp3) is 0.550. The zero-order chi connectivity index (χ0) is 32.9. The molecule has 6 nitrogen and oxygen atoms in total. The van der Waals surface area contributed by atoms with Gasteiger partial charge in [-0.25, -0.2) is 9.59 Å². The summed E-state index contributed by atoms with van der Waals surface area (Å²) < 4.78 is 10.6. The van der Waals surface area contributed by atoms with Crippen LogP contribution in [-0.4, -0.2) is 48.6 Å². The van der Waals surface area contributed by atoms with Gasteiger partial charge >= 0.3 is 11.9 Å². The Morgan fingerprint density at radius 2 is 1.26 bits per heavy atom. The van der Waals surface area contributed by atoms with Crippen molar-refractivity contribution < 1.29 is 29.3 Å². The lowest BCUT2D eigenvalue weighted by molar-refractivity contribution is -0.144. The van der Waals surface area contributed by atoms with Gasteiger partial charge in [-0.05, 0) is 83.7 Å². The average Bonchev–Trinajstić information content (AvgIpc) is 3.09. The maximum absolute atomic E-state index is 11.9. The lowest BCUT2D eigenvalue weighted by Crippen LogP contribution is -2.23. The topological polar surface area (TPSA) is 93.1 Å². The molecule has 0 aliphatic heterocycles. The van der Waals surface area contributed by atoms with Crippen LogP contribution in [0.5, 0.6) is 0 Å². The smallest absolute Gasteiger partial charge is 0.335 e.